The Bertz CT molecular complexity index is 1350. The van der Waals surface area contributed by atoms with Crippen LogP contribution in [0.15, 0.2) is 59.6 Å². The van der Waals surface area contributed by atoms with Gasteiger partial charge in [0.15, 0.2) is 0 Å². The molecule has 4 rings (SSSR count). The minimum Gasteiger partial charge on any atom is -0.464 e. The number of ether oxygens (including phenoxy) is 1. The SMILES string of the molecule is CCOC(=O)[C@H](C)N1C(=O)S/C(=C\c2cn(CC(=O)Nc3ccc(F)cc3)c3ccccc23)C1=O. The first-order chi connectivity index (χ1) is 16.8. The molecule has 1 N–H and O–H groups in total. The molecule has 35 heavy (non-hydrogen) atoms. The number of benzene rings is 2. The molecule has 0 unspecified atom stereocenters. The van der Waals surface area contributed by atoms with Crippen LogP contribution in [0.1, 0.15) is 19.4 Å². The molecule has 3 aromatic rings. The van der Waals surface area contributed by atoms with E-state index in [1.165, 1.54) is 31.2 Å². The van der Waals surface area contributed by atoms with Crippen LogP contribution in [0.3, 0.4) is 0 Å². The van der Waals surface area contributed by atoms with Gasteiger partial charge in [-0.15, -0.1) is 0 Å². The van der Waals surface area contributed by atoms with Crippen LogP contribution >= 0.6 is 11.8 Å². The Morgan fingerprint density at radius 2 is 1.86 bits per heavy atom. The van der Waals surface area contributed by atoms with Crippen molar-refractivity contribution in [2.24, 2.45) is 0 Å². The summed E-state index contributed by atoms with van der Waals surface area (Å²) in [6, 6.07) is 11.8. The number of rotatable bonds is 7. The fraction of sp³-hybridized carbons (Fsp3) is 0.200. The molecule has 2 heterocycles. The summed E-state index contributed by atoms with van der Waals surface area (Å²) >= 11 is 0.747. The molecule has 1 saturated heterocycles. The van der Waals surface area contributed by atoms with Crippen LogP contribution in [0.5, 0.6) is 0 Å². The first-order valence-corrected chi connectivity index (χ1v) is 11.7. The maximum atomic E-state index is 13.1. The normalized spacial score (nSPS) is 15.6. The van der Waals surface area contributed by atoms with Gasteiger partial charge in [0.25, 0.3) is 11.1 Å². The van der Waals surface area contributed by atoms with Gasteiger partial charge >= 0.3 is 5.97 Å². The van der Waals surface area contributed by atoms with E-state index < -0.39 is 29.0 Å². The predicted molar refractivity (Wildman–Crippen MR) is 131 cm³/mol. The number of anilines is 1. The summed E-state index contributed by atoms with van der Waals surface area (Å²) < 4.78 is 19.8. The van der Waals surface area contributed by atoms with E-state index in [-0.39, 0.29) is 24.0 Å². The summed E-state index contributed by atoms with van der Waals surface area (Å²) in [6.07, 6.45) is 3.30. The number of hydrogen-bond donors (Lipinski definition) is 1. The molecule has 0 saturated carbocycles. The third kappa shape index (κ3) is 5.12. The molecule has 0 bridgehead atoms. The Hall–Kier alpha value is -3.92. The summed E-state index contributed by atoms with van der Waals surface area (Å²) in [4.78, 5) is 51.1. The summed E-state index contributed by atoms with van der Waals surface area (Å²) in [5, 5.41) is 2.95. The van der Waals surface area contributed by atoms with Gasteiger partial charge in [0.2, 0.25) is 5.91 Å². The number of halogens is 1. The summed E-state index contributed by atoms with van der Waals surface area (Å²) in [5.74, 6) is -1.94. The first-order valence-electron chi connectivity index (χ1n) is 10.9. The number of esters is 1. The number of aromatic nitrogens is 1. The van der Waals surface area contributed by atoms with Gasteiger partial charge in [0, 0.05) is 28.4 Å². The van der Waals surface area contributed by atoms with Crippen LogP contribution in [-0.4, -0.2) is 45.1 Å². The van der Waals surface area contributed by atoms with Gasteiger partial charge in [0.1, 0.15) is 18.4 Å². The molecule has 0 radical (unpaired) electrons. The Balaban J connectivity index is 1.59. The van der Waals surface area contributed by atoms with Crippen molar-refractivity contribution in [3.05, 3.63) is 71.0 Å². The molecule has 180 valence electrons. The van der Waals surface area contributed by atoms with Crippen molar-refractivity contribution in [2.75, 3.05) is 11.9 Å². The van der Waals surface area contributed by atoms with E-state index in [4.69, 9.17) is 4.74 Å². The third-order valence-corrected chi connectivity index (χ3v) is 6.27. The standard InChI is InChI=1S/C25H22FN3O5S/c1-3-34-24(32)15(2)29-23(31)21(35-25(29)33)12-16-13-28(20-7-5-4-6-19(16)20)14-22(30)27-18-10-8-17(26)9-11-18/h4-13,15H,3,14H2,1-2H3,(H,27,30)/b21-12-/t15-/m0/s1. The van der Waals surface area contributed by atoms with Crippen LogP contribution in [0.25, 0.3) is 17.0 Å². The molecular formula is C25H22FN3O5S. The molecule has 1 aromatic heterocycles. The van der Waals surface area contributed by atoms with Crippen molar-refractivity contribution in [3.8, 4) is 0 Å². The van der Waals surface area contributed by atoms with Gasteiger partial charge in [-0.05, 0) is 62.0 Å². The summed E-state index contributed by atoms with van der Waals surface area (Å²) in [5.41, 5.74) is 1.87. The second-order valence-corrected chi connectivity index (χ2v) is 8.76. The number of hydrogen-bond acceptors (Lipinski definition) is 6. The lowest BCUT2D eigenvalue weighted by molar-refractivity contribution is -0.150. The lowest BCUT2D eigenvalue weighted by atomic mass is 10.1. The lowest BCUT2D eigenvalue weighted by Crippen LogP contribution is -2.42. The number of nitrogens with zero attached hydrogens (tertiary/aromatic N) is 2. The number of carbonyl (C=O) groups excluding carboxylic acids is 4. The largest absolute Gasteiger partial charge is 0.464 e. The maximum Gasteiger partial charge on any atom is 0.329 e. The fourth-order valence-electron chi connectivity index (χ4n) is 3.73. The highest BCUT2D eigenvalue weighted by molar-refractivity contribution is 8.18. The minimum absolute atomic E-state index is 0.0207. The van der Waals surface area contributed by atoms with Crippen molar-refractivity contribution in [1.82, 2.24) is 9.47 Å². The van der Waals surface area contributed by atoms with Gasteiger partial charge in [-0.3, -0.25) is 19.3 Å². The van der Waals surface area contributed by atoms with E-state index >= 15 is 0 Å². The van der Waals surface area contributed by atoms with Gasteiger partial charge in [-0.25, -0.2) is 9.18 Å². The monoisotopic (exact) mass is 495 g/mol. The summed E-state index contributed by atoms with van der Waals surface area (Å²) in [7, 11) is 0. The Kier molecular flexibility index (Phi) is 7.02. The lowest BCUT2D eigenvalue weighted by Gasteiger charge is -2.19. The van der Waals surface area contributed by atoms with Crippen molar-refractivity contribution >= 4 is 57.5 Å². The number of thioether (sulfide) groups is 1. The third-order valence-electron chi connectivity index (χ3n) is 5.39. The zero-order chi connectivity index (χ0) is 25.1. The van der Waals surface area contributed by atoms with Crippen molar-refractivity contribution in [3.63, 3.8) is 0 Å². The van der Waals surface area contributed by atoms with Crippen LogP contribution in [0.4, 0.5) is 14.9 Å². The molecular weight excluding hydrogens is 473 g/mol. The highest BCUT2D eigenvalue weighted by Crippen LogP contribution is 2.35. The van der Waals surface area contributed by atoms with E-state index in [2.05, 4.69) is 5.32 Å². The van der Waals surface area contributed by atoms with E-state index in [0.717, 1.165) is 27.6 Å². The van der Waals surface area contributed by atoms with Crippen LogP contribution < -0.4 is 5.32 Å². The molecule has 3 amide bonds. The van der Waals surface area contributed by atoms with Gasteiger partial charge < -0.3 is 14.6 Å². The number of nitrogens with one attached hydrogen (secondary N) is 1. The number of fused-ring (bicyclic) bond motifs is 1. The maximum absolute atomic E-state index is 13.1. The van der Waals surface area contributed by atoms with Gasteiger partial charge in [0.05, 0.1) is 11.5 Å². The Morgan fingerprint density at radius 3 is 2.57 bits per heavy atom. The van der Waals surface area contributed by atoms with E-state index in [9.17, 15) is 23.6 Å². The molecule has 1 fully saturated rings. The van der Waals surface area contributed by atoms with Gasteiger partial charge in [-0.2, -0.15) is 0 Å². The number of carbonyl (C=O) groups is 4. The van der Waals surface area contributed by atoms with E-state index in [1.54, 1.807) is 23.8 Å². The molecule has 10 heteroatoms. The predicted octanol–water partition coefficient (Wildman–Crippen LogP) is 4.41. The molecule has 1 aliphatic rings. The first kappa shape index (κ1) is 24.2. The molecule has 1 atom stereocenters. The second-order valence-electron chi connectivity index (χ2n) is 7.76. The van der Waals surface area contributed by atoms with Crippen molar-refractivity contribution < 1.29 is 28.3 Å². The van der Waals surface area contributed by atoms with Gasteiger partial charge in [-0.1, -0.05) is 18.2 Å². The minimum atomic E-state index is -1.04. The highest BCUT2D eigenvalue weighted by atomic mass is 32.2. The van der Waals surface area contributed by atoms with Crippen LogP contribution in [0, 0.1) is 5.82 Å². The number of para-hydroxylation sites is 1. The average Bonchev–Trinajstić information content (AvgIpc) is 3.31. The Labute approximate surface area is 204 Å². The smallest absolute Gasteiger partial charge is 0.329 e. The number of amides is 3. The van der Waals surface area contributed by atoms with Crippen molar-refractivity contribution in [1.29, 1.82) is 0 Å². The summed E-state index contributed by atoms with van der Waals surface area (Å²) in [6.45, 7) is 3.22. The van der Waals surface area contributed by atoms with Crippen LogP contribution in [0.2, 0.25) is 0 Å². The van der Waals surface area contributed by atoms with Crippen molar-refractivity contribution in [2.45, 2.75) is 26.4 Å². The zero-order valence-electron chi connectivity index (χ0n) is 19.0. The quantitative estimate of drug-likeness (QED) is 0.385. The molecule has 1 aliphatic heterocycles. The molecule has 0 aliphatic carbocycles. The number of imide groups is 1. The topological polar surface area (TPSA) is 97.7 Å². The molecule has 0 spiro atoms. The van der Waals surface area contributed by atoms with Crippen LogP contribution in [-0.2, 0) is 25.7 Å². The zero-order valence-corrected chi connectivity index (χ0v) is 19.8. The van der Waals surface area contributed by atoms with E-state index in [1.807, 2.05) is 24.3 Å². The van der Waals surface area contributed by atoms with E-state index in [0.29, 0.717) is 11.3 Å². The molecule has 2 aromatic carbocycles. The Morgan fingerprint density at radius 1 is 1.14 bits per heavy atom. The second kappa shape index (κ2) is 10.1. The fourth-order valence-corrected chi connectivity index (χ4v) is 4.63. The molecule has 8 nitrogen and oxygen atoms in total. The average molecular weight is 496 g/mol. The highest BCUT2D eigenvalue weighted by Gasteiger charge is 2.41.